The molecule has 0 aliphatic carbocycles. The molecule has 0 aromatic heterocycles. The molecular formula is C16H25ClN2O3S. The number of carbonyl (C=O) groups excluding carboxylic acids is 1. The van der Waals surface area contributed by atoms with Gasteiger partial charge in [-0.05, 0) is 37.0 Å². The number of sulfonamides is 1. The van der Waals surface area contributed by atoms with Crippen LogP contribution in [0.4, 0.5) is 5.69 Å². The van der Waals surface area contributed by atoms with Gasteiger partial charge in [-0.15, -0.1) is 0 Å². The van der Waals surface area contributed by atoms with Crippen LogP contribution in [0.25, 0.3) is 0 Å². The summed E-state index contributed by atoms with van der Waals surface area (Å²) in [5.74, 6) is 0.174. The summed E-state index contributed by atoms with van der Waals surface area (Å²) in [5.41, 5.74) is 0.394. The standard InChI is InChI=1S/C16H25ClN2O3S/c1-5-15(16(20)18-10-9-12(2)3)19(23(4,21)22)14-8-6-7-13(17)11-14/h6-8,11-12,15H,5,9-10H2,1-4H3,(H,18,20). The van der Waals surface area contributed by atoms with E-state index in [1.807, 2.05) is 0 Å². The van der Waals surface area contributed by atoms with Crippen LogP contribution >= 0.6 is 11.6 Å². The summed E-state index contributed by atoms with van der Waals surface area (Å²) in [6, 6.07) is 5.72. The number of rotatable bonds is 8. The second kappa shape index (κ2) is 8.55. The van der Waals surface area contributed by atoms with Crippen molar-refractivity contribution in [2.24, 2.45) is 5.92 Å². The van der Waals surface area contributed by atoms with Gasteiger partial charge in [0.05, 0.1) is 11.9 Å². The summed E-state index contributed by atoms with van der Waals surface area (Å²) in [6.07, 6.45) is 2.31. The van der Waals surface area contributed by atoms with E-state index in [2.05, 4.69) is 19.2 Å². The number of halogens is 1. The molecular weight excluding hydrogens is 336 g/mol. The zero-order valence-corrected chi connectivity index (χ0v) is 15.6. The zero-order valence-electron chi connectivity index (χ0n) is 14.0. The summed E-state index contributed by atoms with van der Waals surface area (Å²) < 4.78 is 25.6. The summed E-state index contributed by atoms with van der Waals surface area (Å²) in [6.45, 7) is 6.45. The fourth-order valence-electron chi connectivity index (χ4n) is 2.28. The van der Waals surface area contributed by atoms with Crippen molar-refractivity contribution in [3.63, 3.8) is 0 Å². The van der Waals surface area contributed by atoms with Crippen LogP contribution in [0.2, 0.25) is 5.02 Å². The van der Waals surface area contributed by atoms with Gasteiger partial charge in [-0.3, -0.25) is 9.10 Å². The van der Waals surface area contributed by atoms with Crippen LogP contribution < -0.4 is 9.62 Å². The molecule has 130 valence electrons. The first-order chi connectivity index (χ1) is 10.7. The van der Waals surface area contributed by atoms with E-state index < -0.39 is 16.1 Å². The predicted octanol–water partition coefficient (Wildman–Crippen LogP) is 3.05. The fourth-order valence-corrected chi connectivity index (χ4v) is 3.66. The van der Waals surface area contributed by atoms with Crippen LogP contribution in [0.15, 0.2) is 24.3 Å². The molecule has 1 rings (SSSR count). The van der Waals surface area contributed by atoms with Crippen molar-refractivity contribution in [3.8, 4) is 0 Å². The summed E-state index contributed by atoms with van der Waals surface area (Å²) in [7, 11) is -3.62. The molecule has 1 unspecified atom stereocenters. The third-order valence-electron chi connectivity index (χ3n) is 3.41. The summed E-state index contributed by atoms with van der Waals surface area (Å²) >= 11 is 5.96. The number of hydrogen-bond donors (Lipinski definition) is 1. The van der Waals surface area contributed by atoms with Crippen molar-refractivity contribution in [3.05, 3.63) is 29.3 Å². The Morgan fingerprint density at radius 1 is 1.35 bits per heavy atom. The van der Waals surface area contributed by atoms with Gasteiger partial charge < -0.3 is 5.32 Å². The van der Waals surface area contributed by atoms with Gasteiger partial charge in [-0.2, -0.15) is 0 Å². The molecule has 0 heterocycles. The Morgan fingerprint density at radius 3 is 2.48 bits per heavy atom. The molecule has 23 heavy (non-hydrogen) atoms. The largest absolute Gasteiger partial charge is 0.354 e. The smallest absolute Gasteiger partial charge is 0.243 e. The number of anilines is 1. The highest BCUT2D eigenvalue weighted by Gasteiger charge is 2.31. The number of carbonyl (C=O) groups is 1. The molecule has 1 aromatic rings. The van der Waals surface area contributed by atoms with E-state index in [4.69, 9.17) is 11.6 Å². The van der Waals surface area contributed by atoms with Crippen molar-refractivity contribution >= 4 is 33.2 Å². The van der Waals surface area contributed by atoms with Gasteiger partial charge in [0.15, 0.2) is 0 Å². The molecule has 0 bridgehead atoms. The van der Waals surface area contributed by atoms with Gasteiger partial charge in [0, 0.05) is 11.6 Å². The fraction of sp³-hybridized carbons (Fsp3) is 0.562. The van der Waals surface area contributed by atoms with E-state index in [1.54, 1.807) is 31.2 Å². The number of amides is 1. The van der Waals surface area contributed by atoms with E-state index in [-0.39, 0.29) is 5.91 Å². The van der Waals surface area contributed by atoms with Crippen LogP contribution in [0.1, 0.15) is 33.6 Å². The van der Waals surface area contributed by atoms with Crippen molar-refractivity contribution in [1.82, 2.24) is 5.32 Å². The highest BCUT2D eigenvalue weighted by Crippen LogP contribution is 2.25. The maximum atomic E-state index is 12.5. The average Bonchev–Trinajstić information content (AvgIpc) is 2.42. The SMILES string of the molecule is CCC(C(=O)NCCC(C)C)N(c1cccc(Cl)c1)S(C)(=O)=O. The maximum absolute atomic E-state index is 12.5. The lowest BCUT2D eigenvalue weighted by Gasteiger charge is -2.30. The Kier molecular flexibility index (Phi) is 7.35. The topological polar surface area (TPSA) is 66.5 Å². The number of nitrogens with one attached hydrogen (secondary N) is 1. The normalized spacial score (nSPS) is 13.0. The Morgan fingerprint density at radius 2 is 2.00 bits per heavy atom. The Hall–Kier alpha value is -1.27. The van der Waals surface area contributed by atoms with Crippen molar-refractivity contribution in [1.29, 1.82) is 0 Å². The molecule has 0 aliphatic rings. The molecule has 1 amide bonds. The third-order valence-corrected chi connectivity index (χ3v) is 4.83. The quantitative estimate of drug-likeness (QED) is 0.774. The monoisotopic (exact) mass is 360 g/mol. The van der Waals surface area contributed by atoms with Gasteiger partial charge in [-0.25, -0.2) is 8.42 Å². The van der Waals surface area contributed by atoms with E-state index >= 15 is 0 Å². The molecule has 1 atom stereocenters. The third kappa shape index (κ3) is 6.03. The molecule has 0 aliphatic heterocycles. The molecule has 1 N–H and O–H groups in total. The highest BCUT2D eigenvalue weighted by atomic mass is 35.5. The molecule has 0 saturated heterocycles. The van der Waals surface area contributed by atoms with Crippen LogP contribution in [0.5, 0.6) is 0 Å². The van der Waals surface area contributed by atoms with E-state index in [0.29, 0.717) is 29.6 Å². The van der Waals surface area contributed by atoms with Crippen molar-refractivity contribution < 1.29 is 13.2 Å². The second-order valence-corrected chi connectivity index (χ2v) is 8.23. The predicted molar refractivity (Wildman–Crippen MR) is 95.3 cm³/mol. The first kappa shape index (κ1) is 19.8. The van der Waals surface area contributed by atoms with Crippen LogP contribution in [-0.4, -0.2) is 33.2 Å². The lowest BCUT2D eigenvalue weighted by Crippen LogP contribution is -2.49. The Bertz CT molecular complexity index is 632. The van der Waals surface area contributed by atoms with Gasteiger partial charge in [0.25, 0.3) is 0 Å². The van der Waals surface area contributed by atoms with E-state index in [9.17, 15) is 13.2 Å². The maximum Gasteiger partial charge on any atom is 0.243 e. The Balaban J connectivity index is 3.06. The molecule has 0 fully saturated rings. The van der Waals surface area contributed by atoms with Crippen molar-refractivity contribution in [2.75, 3.05) is 17.1 Å². The van der Waals surface area contributed by atoms with E-state index in [0.717, 1.165) is 17.0 Å². The molecule has 0 radical (unpaired) electrons. The molecule has 0 spiro atoms. The first-order valence-electron chi connectivity index (χ1n) is 7.69. The minimum absolute atomic E-state index is 0.293. The number of hydrogen-bond acceptors (Lipinski definition) is 3. The van der Waals surface area contributed by atoms with Gasteiger partial charge in [-0.1, -0.05) is 38.4 Å². The van der Waals surface area contributed by atoms with Crippen LogP contribution in [-0.2, 0) is 14.8 Å². The second-order valence-electron chi connectivity index (χ2n) is 5.94. The Labute approximate surface area is 144 Å². The zero-order chi connectivity index (χ0) is 17.6. The lowest BCUT2D eigenvalue weighted by atomic mass is 10.1. The van der Waals surface area contributed by atoms with Gasteiger partial charge in [0.1, 0.15) is 6.04 Å². The van der Waals surface area contributed by atoms with Crippen molar-refractivity contribution in [2.45, 2.75) is 39.7 Å². The van der Waals surface area contributed by atoms with Crippen LogP contribution in [0.3, 0.4) is 0 Å². The van der Waals surface area contributed by atoms with E-state index in [1.165, 1.54) is 0 Å². The summed E-state index contributed by atoms with van der Waals surface area (Å²) in [5, 5.41) is 3.25. The molecule has 7 heteroatoms. The average molecular weight is 361 g/mol. The number of nitrogens with zero attached hydrogens (tertiary/aromatic N) is 1. The first-order valence-corrected chi connectivity index (χ1v) is 9.92. The molecule has 1 aromatic carbocycles. The summed E-state index contributed by atoms with van der Waals surface area (Å²) in [4.78, 5) is 12.5. The van der Waals surface area contributed by atoms with Gasteiger partial charge >= 0.3 is 0 Å². The highest BCUT2D eigenvalue weighted by molar-refractivity contribution is 7.92. The van der Waals surface area contributed by atoms with Crippen LogP contribution in [0, 0.1) is 5.92 Å². The van der Waals surface area contributed by atoms with Gasteiger partial charge in [0.2, 0.25) is 15.9 Å². The molecule has 0 saturated carbocycles. The lowest BCUT2D eigenvalue weighted by molar-refractivity contribution is -0.122. The molecule has 5 nitrogen and oxygen atoms in total. The minimum Gasteiger partial charge on any atom is -0.354 e. The number of benzene rings is 1. The minimum atomic E-state index is -3.62.